The molecule has 0 atom stereocenters. The minimum absolute atomic E-state index is 0.0921. The van der Waals surface area contributed by atoms with Crippen LogP contribution in [0.2, 0.25) is 0 Å². The van der Waals surface area contributed by atoms with Crippen LogP contribution in [0.5, 0.6) is 0 Å². The molecule has 2 N–H and O–H groups in total. The van der Waals surface area contributed by atoms with Crippen molar-refractivity contribution in [2.75, 3.05) is 11.9 Å². The summed E-state index contributed by atoms with van der Waals surface area (Å²) in [6.45, 7) is 0.397. The number of halogens is 3. The SMILES string of the molecule is O=C(NCC1(c2ccccc2)CC1)Nc1ccc(F)c(F)c1F. The average molecular weight is 320 g/mol. The van der Waals surface area contributed by atoms with Crippen molar-refractivity contribution in [2.24, 2.45) is 0 Å². The van der Waals surface area contributed by atoms with Crippen LogP contribution in [0.15, 0.2) is 42.5 Å². The molecular weight excluding hydrogens is 305 g/mol. The van der Waals surface area contributed by atoms with Gasteiger partial charge < -0.3 is 10.6 Å². The first-order valence-electron chi connectivity index (χ1n) is 7.26. The molecule has 23 heavy (non-hydrogen) atoms. The molecule has 3 rings (SSSR count). The summed E-state index contributed by atoms with van der Waals surface area (Å²) in [6, 6.07) is 10.9. The highest BCUT2D eigenvalue weighted by molar-refractivity contribution is 5.89. The van der Waals surface area contributed by atoms with Gasteiger partial charge in [0, 0.05) is 12.0 Å². The van der Waals surface area contributed by atoms with Gasteiger partial charge in [-0.1, -0.05) is 30.3 Å². The summed E-state index contributed by atoms with van der Waals surface area (Å²) in [5, 5.41) is 4.86. The quantitative estimate of drug-likeness (QED) is 0.823. The number of anilines is 1. The first-order valence-corrected chi connectivity index (χ1v) is 7.26. The lowest BCUT2D eigenvalue weighted by molar-refractivity contribution is 0.251. The third kappa shape index (κ3) is 3.16. The molecule has 2 aromatic carbocycles. The monoisotopic (exact) mass is 320 g/mol. The number of hydrogen-bond acceptors (Lipinski definition) is 1. The second-order valence-electron chi connectivity index (χ2n) is 5.68. The van der Waals surface area contributed by atoms with Crippen molar-refractivity contribution >= 4 is 11.7 Å². The molecule has 0 spiro atoms. The van der Waals surface area contributed by atoms with E-state index in [4.69, 9.17) is 0 Å². The zero-order chi connectivity index (χ0) is 16.4. The molecule has 6 heteroatoms. The molecule has 120 valence electrons. The van der Waals surface area contributed by atoms with Gasteiger partial charge in [-0.15, -0.1) is 0 Å². The summed E-state index contributed by atoms with van der Waals surface area (Å²) >= 11 is 0. The molecule has 1 saturated carbocycles. The van der Waals surface area contributed by atoms with Crippen LogP contribution in [0.25, 0.3) is 0 Å². The van der Waals surface area contributed by atoms with E-state index in [1.54, 1.807) is 0 Å². The van der Waals surface area contributed by atoms with Gasteiger partial charge >= 0.3 is 6.03 Å². The molecule has 2 amide bonds. The topological polar surface area (TPSA) is 41.1 Å². The number of amides is 2. The summed E-state index contributed by atoms with van der Waals surface area (Å²) in [6.07, 6.45) is 1.91. The van der Waals surface area contributed by atoms with Crippen LogP contribution in [0, 0.1) is 17.5 Å². The van der Waals surface area contributed by atoms with E-state index in [1.807, 2.05) is 30.3 Å². The zero-order valence-electron chi connectivity index (χ0n) is 12.2. The molecule has 1 fully saturated rings. The summed E-state index contributed by atoms with van der Waals surface area (Å²) in [4.78, 5) is 11.9. The highest BCUT2D eigenvalue weighted by atomic mass is 19.2. The molecule has 0 aliphatic heterocycles. The van der Waals surface area contributed by atoms with Gasteiger partial charge in [0.05, 0.1) is 5.69 Å². The fourth-order valence-electron chi connectivity index (χ4n) is 2.55. The predicted molar refractivity (Wildman–Crippen MR) is 80.7 cm³/mol. The maximum atomic E-state index is 13.5. The average Bonchev–Trinajstić information content (AvgIpc) is 3.36. The lowest BCUT2D eigenvalue weighted by Crippen LogP contribution is -2.35. The Hall–Kier alpha value is -2.50. The number of rotatable bonds is 4. The van der Waals surface area contributed by atoms with Crippen molar-refractivity contribution in [3.8, 4) is 0 Å². The van der Waals surface area contributed by atoms with E-state index in [2.05, 4.69) is 10.6 Å². The van der Waals surface area contributed by atoms with Gasteiger partial charge in [-0.2, -0.15) is 0 Å². The maximum Gasteiger partial charge on any atom is 0.319 e. The summed E-state index contributed by atoms with van der Waals surface area (Å²) < 4.78 is 39.5. The van der Waals surface area contributed by atoms with Crippen LogP contribution in [0.1, 0.15) is 18.4 Å². The number of benzene rings is 2. The van der Waals surface area contributed by atoms with Gasteiger partial charge in [-0.25, -0.2) is 18.0 Å². The summed E-state index contributed by atoms with van der Waals surface area (Å²) in [5.74, 6) is -4.32. The lowest BCUT2D eigenvalue weighted by atomic mass is 9.96. The molecule has 0 aromatic heterocycles. The number of carbonyl (C=O) groups excluding carboxylic acids is 1. The van der Waals surface area contributed by atoms with E-state index in [1.165, 1.54) is 0 Å². The minimum atomic E-state index is -1.61. The Morgan fingerprint density at radius 2 is 1.70 bits per heavy atom. The highest BCUT2D eigenvalue weighted by Crippen LogP contribution is 2.47. The second-order valence-corrected chi connectivity index (χ2v) is 5.68. The van der Waals surface area contributed by atoms with Crippen molar-refractivity contribution in [2.45, 2.75) is 18.3 Å². The number of carbonyl (C=O) groups is 1. The largest absolute Gasteiger partial charge is 0.337 e. The maximum absolute atomic E-state index is 13.5. The first-order chi connectivity index (χ1) is 11.0. The third-order valence-electron chi connectivity index (χ3n) is 4.11. The number of urea groups is 1. The predicted octanol–water partition coefficient (Wildman–Crippen LogP) is 3.96. The van der Waals surface area contributed by atoms with Gasteiger partial charge in [-0.05, 0) is 30.5 Å². The van der Waals surface area contributed by atoms with Gasteiger partial charge in [0.25, 0.3) is 0 Å². The molecule has 3 nitrogen and oxygen atoms in total. The van der Waals surface area contributed by atoms with Gasteiger partial charge in [0.2, 0.25) is 0 Å². The van der Waals surface area contributed by atoms with Crippen LogP contribution < -0.4 is 10.6 Å². The fraction of sp³-hybridized carbons (Fsp3) is 0.235. The van der Waals surface area contributed by atoms with Crippen molar-refractivity contribution in [3.05, 3.63) is 65.5 Å². The van der Waals surface area contributed by atoms with Crippen LogP contribution in [0.3, 0.4) is 0 Å². The van der Waals surface area contributed by atoms with E-state index >= 15 is 0 Å². The van der Waals surface area contributed by atoms with E-state index in [0.29, 0.717) is 6.54 Å². The molecular formula is C17H15F3N2O. The Morgan fingerprint density at radius 1 is 1.00 bits per heavy atom. The third-order valence-corrected chi connectivity index (χ3v) is 4.11. The van der Waals surface area contributed by atoms with Crippen molar-refractivity contribution in [1.82, 2.24) is 5.32 Å². The van der Waals surface area contributed by atoms with Crippen LogP contribution >= 0.6 is 0 Å². The van der Waals surface area contributed by atoms with Crippen LogP contribution in [0.4, 0.5) is 23.7 Å². The van der Waals surface area contributed by atoms with Crippen molar-refractivity contribution in [3.63, 3.8) is 0 Å². The van der Waals surface area contributed by atoms with Gasteiger partial charge in [-0.3, -0.25) is 0 Å². The molecule has 1 aliphatic rings. The van der Waals surface area contributed by atoms with Gasteiger partial charge in [0.15, 0.2) is 17.5 Å². The van der Waals surface area contributed by atoms with Crippen molar-refractivity contribution in [1.29, 1.82) is 0 Å². The van der Waals surface area contributed by atoms with E-state index in [9.17, 15) is 18.0 Å². The molecule has 1 aliphatic carbocycles. The molecule has 0 heterocycles. The molecule has 0 saturated heterocycles. The Labute approximate surface area is 131 Å². The standard InChI is InChI=1S/C17H15F3N2O/c18-12-6-7-13(15(20)14(12)19)22-16(23)21-10-17(8-9-17)11-4-2-1-3-5-11/h1-7H,8-10H2,(H2,21,22,23). The molecule has 0 radical (unpaired) electrons. The molecule has 2 aromatic rings. The number of nitrogens with one attached hydrogen (secondary N) is 2. The smallest absolute Gasteiger partial charge is 0.319 e. The molecule has 0 bridgehead atoms. The zero-order valence-corrected chi connectivity index (χ0v) is 12.2. The fourth-order valence-corrected chi connectivity index (χ4v) is 2.55. The van der Waals surface area contributed by atoms with Gasteiger partial charge in [0.1, 0.15) is 0 Å². The van der Waals surface area contributed by atoms with Crippen LogP contribution in [-0.2, 0) is 5.41 Å². The molecule has 0 unspecified atom stereocenters. The minimum Gasteiger partial charge on any atom is -0.337 e. The number of hydrogen-bond donors (Lipinski definition) is 2. The normalized spacial score (nSPS) is 15.1. The van der Waals surface area contributed by atoms with Crippen LogP contribution in [-0.4, -0.2) is 12.6 Å². The van der Waals surface area contributed by atoms with Crippen molar-refractivity contribution < 1.29 is 18.0 Å². The lowest BCUT2D eigenvalue weighted by Gasteiger charge is -2.17. The van der Waals surface area contributed by atoms with E-state index < -0.39 is 29.2 Å². The van der Waals surface area contributed by atoms with E-state index in [-0.39, 0.29) is 5.41 Å². The first kappa shape index (κ1) is 15.4. The van der Waals surface area contributed by atoms with E-state index in [0.717, 1.165) is 30.5 Å². The summed E-state index contributed by atoms with van der Waals surface area (Å²) in [7, 11) is 0. The Bertz CT molecular complexity index is 730. The Kier molecular flexibility index (Phi) is 3.98. The summed E-state index contributed by atoms with van der Waals surface area (Å²) in [5.41, 5.74) is 0.649. The Balaban J connectivity index is 1.62. The second kappa shape index (κ2) is 5.95. The highest BCUT2D eigenvalue weighted by Gasteiger charge is 2.44. The Morgan fingerprint density at radius 3 is 2.35 bits per heavy atom.